The van der Waals surface area contributed by atoms with E-state index in [4.69, 9.17) is 0 Å². The molecule has 0 aliphatic rings. The summed E-state index contributed by atoms with van der Waals surface area (Å²) >= 11 is 0. The largest absolute Gasteiger partial charge is 0.573 e. The first-order valence-corrected chi connectivity index (χ1v) is 6.12. The summed E-state index contributed by atoms with van der Waals surface area (Å²) in [4.78, 5) is 10.8. The third kappa shape index (κ3) is 4.48. The second-order valence-corrected chi connectivity index (χ2v) is 4.53. The molecule has 0 atom stereocenters. The fourth-order valence-corrected chi connectivity index (χ4v) is 1.92. The molecule has 0 aromatic heterocycles. The van der Waals surface area contributed by atoms with Gasteiger partial charge < -0.3 is 4.74 Å². The molecule has 0 fully saturated rings. The second-order valence-electron chi connectivity index (χ2n) is 4.53. The molecule has 0 saturated carbocycles. The van der Waals surface area contributed by atoms with Gasteiger partial charge in [0.25, 0.3) is 0 Å². The Bertz CT molecular complexity index is 719. The van der Waals surface area contributed by atoms with Gasteiger partial charge in [0, 0.05) is 5.56 Å². The quantitative estimate of drug-likeness (QED) is 0.578. The van der Waals surface area contributed by atoms with E-state index in [9.17, 15) is 31.1 Å². The summed E-state index contributed by atoms with van der Waals surface area (Å²) in [5.41, 5.74) is -1.30. The van der Waals surface area contributed by atoms with Gasteiger partial charge >= 0.3 is 12.5 Å². The zero-order chi connectivity index (χ0) is 17.3. The highest BCUT2D eigenvalue weighted by Gasteiger charge is 2.32. The number of halogens is 6. The van der Waals surface area contributed by atoms with Gasteiger partial charge in [0.05, 0.1) is 5.56 Å². The van der Waals surface area contributed by atoms with E-state index < -0.39 is 23.9 Å². The number of carbonyl (C=O) groups excluding carboxylic acids is 1. The van der Waals surface area contributed by atoms with Crippen molar-refractivity contribution in [3.63, 3.8) is 0 Å². The van der Waals surface area contributed by atoms with E-state index in [1.54, 1.807) is 0 Å². The molecule has 0 N–H and O–H groups in total. The Morgan fingerprint density at radius 1 is 0.870 bits per heavy atom. The lowest BCUT2D eigenvalue weighted by molar-refractivity contribution is -0.274. The average Bonchev–Trinajstić information content (AvgIpc) is 2.44. The SMILES string of the molecule is O=Cc1cc(-c2cccc(OC(F)(F)F)c2)cc(C(F)(F)F)c1. The highest BCUT2D eigenvalue weighted by atomic mass is 19.4. The number of carbonyl (C=O) groups is 1. The summed E-state index contributed by atoms with van der Waals surface area (Å²) in [6.45, 7) is 0. The zero-order valence-corrected chi connectivity index (χ0v) is 11.2. The van der Waals surface area contributed by atoms with Gasteiger partial charge in [-0.05, 0) is 41.5 Å². The number of ether oxygens (including phenoxy) is 1. The van der Waals surface area contributed by atoms with Crippen LogP contribution in [0.1, 0.15) is 15.9 Å². The van der Waals surface area contributed by atoms with Gasteiger partial charge in [-0.3, -0.25) is 4.79 Å². The Morgan fingerprint density at radius 2 is 1.57 bits per heavy atom. The van der Waals surface area contributed by atoms with Crippen LogP contribution in [0.5, 0.6) is 5.75 Å². The highest BCUT2D eigenvalue weighted by Crippen LogP contribution is 2.34. The van der Waals surface area contributed by atoms with Crippen molar-refractivity contribution in [2.75, 3.05) is 0 Å². The Morgan fingerprint density at radius 3 is 2.13 bits per heavy atom. The molecule has 0 amide bonds. The number of alkyl halides is 6. The Kier molecular flexibility index (Phi) is 4.35. The van der Waals surface area contributed by atoms with E-state index in [0.717, 1.165) is 24.3 Å². The van der Waals surface area contributed by atoms with E-state index in [0.29, 0.717) is 6.07 Å². The maximum absolute atomic E-state index is 12.8. The van der Waals surface area contributed by atoms with Gasteiger partial charge in [-0.2, -0.15) is 13.2 Å². The van der Waals surface area contributed by atoms with Gasteiger partial charge in [-0.25, -0.2) is 0 Å². The molecule has 2 aromatic rings. The van der Waals surface area contributed by atoms with Crippen molar-refractivity contribution in [2.24, 2.45) is 0 Å². The van der Waals surface area contributed by atoms with Crippen LogP contribution < -0.4 is 4.74 Å². The van der Waals surface area contributed by atoms with Gasteiger partial charge in [-0.1, -0.05) is 12.1 Å². The molecule has 122 valence electrons. The first-order valence-electron chi connectivity index (χ1n) is 6.12. The van der Waals surface area contributed by atoms with E-state index in [1.807, 2.05) is 0 Å². The van der Waals surface area contributed by atoms with Crippen LogP contribution in [0.2, 0.25) is 0 Å². The standard InChI is InChI=1S/C15H8F6O2/c16-14(17,18)12-5-9(8-22)4-11(6-12)10-2-1-3-13(7-10)23-15(19,20)21/h1-8H. The van der Waals surface area contributed by atoms with Crippen molar-refractivity contribution in [3.05, 3.63) is 53.6 Å². The smallest absolute Gasteiger partial charge is 0.406 e. The molecule has 0 aliphatic heterocycles. The normalized spacial score (nSPS) is 12.1. The first kappa shape index (κ1) is 16.9. The summed E-state index contributed by atoms with van der Waals surface area (Å²) in [7, 11) is 0. The van der Waals surface area contributed by atoms with Gasteiger partial charge in [0.2, 0.25) is 0 Å². The summed E-state index contributed by atoms with van der Waals surface area (Å²) in [5.74, 6) is -0.569. The minimum absolute atomic E-state index is 0.0467. The predicted octanol–water partition coefficient (Wildman–Crippen LogP) is 5.08. The van der Waals surface area contributed by atoms with Gasteiger partial charge in [-0.15, -0.1) is 13.2 Å². The Balaban J connectivity index is 2.49. The molecule has 23 heavy (non-hydrogen) atoms. The van der Waals surface area contributed by atoms with Crippen molar-refractivity contribution in [1.29, 1.82) is 0 Å². The molecule has 0 heterocycles. The van der Waals surface area contributed by atoms with E-state index >= 15 is 0 Å². The third-order valence-corrected chi connectivity index (χ3v) is 2.82. The molecular weight excluding hydrogens is 326 g/mol. The molecule has 0 radical (unpaired) electrons. The van der Waals surface area contributed by atoms with Crippen molar-refractivity contribution < 1.29 is 35.9 Å². The lowest BCUT2D eigenvalue weighted by Crippen LogP contribution is -2.17. The van der Waals surface area contributed by atoms with Crippen LogP contribution in [-0.2, 0) is 6.18 Å². The van der Waals surface area contributed by atoms with Crippen LogP contribution in [0.4, 0.5) is 26.3 Å². The topological polar surface area (TPSA) is 26.3 Å². The van der Waals surface area contributed by atoms with Crippen LogP contribution in [0.3, 0.4) is 0 Å². The lowest BCUT2D eigenvalue weighted by atomic mass is 9.99. The monoisotopic (exact) mass is 334 g/mol. The van der Waals surface area contributed by atoms with Crippen LogP contribution >= 0.6 is 0 Å². The molecule has 0 unspecified atom stereocenters. The summed E-state index contributed by atoms with van der Waals surface area (Å²) in [5, 5.41) is 0. The third-order valence-electron chi connectivity index (χ3n) is 2.82. The Labute approximate surface area is 126 Å². The van der Waals surface area contributed by atoms with Crippen molar-refractivity contribution in [1.82, 2.24) is 0 Å². The number of benzene rings is 2. The molecule has 0 aliphatic carbocycles. The van der Waals surface area contributed by atoms with Crippen LogP contribution in [-0.4, -0.2) is 12.6 Å². The maximum Gasteiger partial charge on any atom is 0.573 e. The minimum Gasteiger partial charge on any atom is -0.406 e. The summed E-state index contributed by atoms with van der Waals surface area (Å²) in [6.07, 6.45) is -9.37. The molecule has 8 heteroatoms. The van der Waals surface area contributed by atoms with Gasteiger partial charge in [0.15, 0.2) is 0 Å². The molecule has 0 spiro atoms. The highest BCUT2D eigenvalue weighted by molar-refractivity contribution is 5.80. The van der Waals surface area contributed by atoms with E-state index in [-0.39, 0.29) is 23.0 Å². The van der Waals surface area contributed by atoms with Crippen LogP contribution in [0, 0.1) is 0 Å². The molecule has 2 rings (SSSR count). The minimum atomic E-state index is -4.92. The van der Waals surface area contributed by atoms with E-state index in [2.05, 4.69) is 4.74 Å². The summed E-state index contributed by atoms with van der Waals surface area (Å²) in [6, 6.07) is 7.04. The molecule has 2 aromatic carbocycles. The zero-order valence-electron chi connectivity index (χ0n) is 11.2. The molecule has 0 bridgehead atoms. The van der Waals surface area contributed by atoms with Crippen molar-refractivity contribution in [2.45, 2.75) is 12.5 Å². The number of hydrogen-bond acceptors (Lipinski definition) is 2. The fraction of sp³-hybridized carbons (Fsp3) is 0.133. The number of aldehydes is 1. The summed E-state index contributed by atoms with van der Waals surface area (Å²) < 4.78 is 78.8. The average molecular weight is 334 g/mol. The first-order chi connectivity index (χ1) is 10.6. The fourth-order valence-electron chi connectivity index (χ4n) is 1.92. The second kappa shape index (κ2) is 5.94. The Hall–Kier alpha value is -2.51. The van der Waals surface area contributed by atoms with Crippen molar-refractivity contribution in [3.8, 4) is 16.9 Å². The van der Waals surface area contributed by atoms with E-state index in [1.165, 1.54) is 12.1 Å². The lowest BCUT2D eigenvalue weighted by Gasteiger charge is -2.12. The molecule has 2 nitrogen and oxygen atoms in total. The van der Waals surface area contributed by atoms with Crippen LogP contribution in [0.25, 0.3) is 11.1 Å². The van der Waals surface area contributed by atoms with Gasteiger partial charge in [0.1, 0.15) is 12.0 Å². The van der Waals surface area contributed by atoms with Crippen LogP contribution in [0.15, 0.2) is 42.5 Å². The number of rotatable bonds is 3. The predicted molar refractivity (Wildman–Crippen MR) is 69.0 cm³/mol. The maximum atomic E-state index is 12.8. The number of hydrogen-bond donors (Lipinski definition) is 0. The molecule has 0 saturated heterocycles. The molecular formula is C15H8F6O2. The van der Waals surface area contributed by atoms with Crippen molar-refractivity contribution >= 4 is 6.29 Å².